The maximum absolute atomic E-state index is 6.12. The second-order valence-electron chi connectivity index (χ2n) is 3.48. The van der Waals surface area contributed by atoms with Crippen LogP contribution in [0, 0.1) is 0 Å². The van der Waals surface area contributed by atoms with E-state index in [9.17, 15) is 0 Å². The maximum atomic E-state index is 6.12. The van der Waals surface area contributed by atoms with Crippen LogP contribution in [0.3, 0.4) is 0 Å². The second-order valence-corrected chi connectivity index (χ2v) is 4.30. The highest BCUT2D eigenvalue weighted by atomic mass is 35.5. The molecule has 13 heavy (non-hydrogen) atoms. The lowest BCUT2D eigenvalue weighted by atomic mass is 10.0. The Hall–Kier alpha value is -0.200. The van der Waals surface area contributed by atoms with Gasteiger partial charge in [-0.15, -0.1) is 0 Å². The van der Waals surface area contributed by atoms with Gasteiger partial charge in [0.1, 0.15) is 0 Å². The lowest BCUT2D eigenvalue weighted by molar-refractivity contribution is 0.865. The topological polar surface area (TPSA) is 0 Å². The number of hydrogen-bond acceptors (Lipinski definition) is 0. The average molecular weight is 217 g/mol. The van der Waals surface area contributed by atoms with Crippen LogP contribution in [0.2, 0.25) is 10.0 Å². The van der Waals surface area contributed by atoms with Crippen LogP contribution in [0.5, 0.6) is 0 Å². The molecule has 0 aliphatic rings. The first-order chi connectivity index (χ1) is 6.06. The van der Waals surface area contributed by atoms with Crippen molar-refractivity contribution in [1.82, 2.24) is 0 Å². The van der Waals surface area contributed by atoms with E-state index in [1.54, 1.807) is 0 Å². The minimum atomic E-state index is 0.380. The van der Waals surface area contributed by atoms with E-state index in [0.29, 0.717) is 5.92 Å². The quantitative estimate of drug-likeness (QED) is 0.674. The fourth-order valence-corrected chi connectivity index (χ4v) is 2.36. The van der Waals surface area contributed by atoms with Crippen LogP contribution in [0.15, 0.2) is 12.1 Å². The highest BCUT2D eigenvalue weighted by Gasteiger charge is 2.10. The monoisotopic (exact) mass is 216 g/mol. The van der Waals surface area contributed by atoms with E-state index in [-0.39, 0.29) is 0 Å². The van der Waals surface area contributed by atoms with E-state index >= 15 is 0 Å². The molecule has 2 heteroatoms. The molecule has 1 rings (SSSR count). The Morgan fingerprint density at radius 2 is 1.62 bits per heavy atom. The van der Waals surface area contributed by atoms with E-state index in [1.165, 1.54) is 5.56 Å². The zero-order valence-corrected chi connectivity index (χ0v) is 9.71. The third-order valence-electron chi connectivity index (χ3n) is 2.12. The summed E-state index contributed by atoms with van der Waals surface area (Å²) in [7, 11) is 0. The molecule has 0 spiro atoms. The van der Waals surface area contributed by atoms with Gasteiger partial charge in [0.15, 0.2) is 0 Å². The van der Waals surface area contributed by atoms with E-state index in [0.717, 1.165) is 22.0 Å². The van der Waals surface area contributed by atoms with Crippen LogP contribution in [0.1, 0.15) is 37.8 Å². The minimum absolute atomic E-state index is 0.380. The Morgan fingerprint density at radius 1 is 1.15 bits per heavy atom. The molecule has 1 aromatic carbocycles. The molecule has 0 saturated heterocycles. The Labute approximate surface area is 89.9 Å². The Kier molecular flexibility index (Phi) is 3.63. The average Bonchev–Trinajstić information content (AvgIpc) is 2.02. The van der Waals surface area contributed by atoms with Crippen LogP contribution in [0.4, 0.5) is 0 Å². The van der Waals surface area contributed by atoms with Gasteiger partial charge < -0.3 is 0 Å². The first-order valence-electron chi connectivity index (χ1n) is 4.54. The Bertz CT molecular complexity index is 280. The maximum Gasteiger partial charge on any atom is 0.0458 e. The first kappa shape index (κ1) is 10.9. The predicted octanol–water partition coefficient (Wildman–Crippen LogP) is 4.68. The van der Waals surface area contributed by atoms with E-state index < -0.39 is 0 Å². The summed E-state index contributed by atoms with van der Waals surface area (Å²) in [5.74, 6) is 0.380. The van der Waals surface area contributed by atoms with Crippen molar-refractivity contribution in [2.45, 2.75) is 33.1 Å². The molecule has 0 aliphatic heterocycles. The van der Waals surface area contributed by atoms with Gasteiger partial charge >= 0.3 is 0 Å². The lowest BCUT2D eigenvalue weighted by Gasteiger charge is -2.12. The number of hydrogen-bond donors (Lipinski definition) is 0. The van der Waals surface area contributed by atoms with E-state index in [1.807, 2.05) is 12.1 Å². The zero-order chi connectivity index (χ0) is 10.0. The molecule has 1 aromatic rings. The fraction of sp³-hybridized carbons (Fsp3) is 0.455. The summed E-state index contributed by atoms with van der Waals surface area (Å²) in [6.07, 6.45) is 0.970. The minimum Gasteiger partial charge on any atom is -0.0840 e. The molecule has 0 atom stereocenters. The van der Waals surface area contributed by atoms with E-state index in [4.69, 9.17) is 23.2 Å². The molecule has 0 radical (unpaired) electrons. The van der Waals surface area contributed by atoms with Gasteiger partial charge in [-0.2, -0.15) is 0 Å². The molecular weight excluding hydrogens is 203 g/mol. The van der Waals surface area contributed by atoms with Crippen molar-refractivity contribution in [1.29, 1.82) is 0 Å². The van der Waals surface area contributed by atoms with Crippen molar-refractivity contribution in [2.24, 2.45) is 0 Å². The van der Waals surface area contributed by atoms with Crippen LogP contribution in [0.25, 0.3) is 0 Å². The number of benzene rings is 1. The number of rotatable bonds is 2. The predicted molar refractivity (Wildman–Crippen MR) is 59.9 cm³/mol. The van der Waals surface area contributed by atoms with E-state index in [2.05, 4.69) is 20.8 Å². The second kappa shape index (κ2) is 4.34. The molecule has 0 bridgehead atoms. The summed E-state index contributed by atoms with van der Waals surface area (Å²) >= 11 is 12.2. The summed E-state index contributed by atoms with van der Waals surface area (Å²) in [4.78, 5) is 0. The van der Waals surface area contributed by atoms with Gasteiger partial charge in [0.25, 0.3) is 0 Å². The molecule has 0 aliphatic carbocycles. The molecule has 0 amide bonds. The molecular formula is C11H14Cl2. The Balaban J connectivity index is 3.23. The third-order valence-corrected chi connectivity index (χ3v) is 2.75. The molecule has 0 aromatic heterocycles. The van der Waals surface area contributed by atoms with Crippen LogP contribution in [-0.4, -0.2) is 0 Å². The molecule has 0 fully saturated rings. The molecule has 72 valence electrons. The van der Waals surface area contributed by atoms with Gasteiger partial charge in [-0.25, -0.2) is 0 Å². The van der Waals surface area contributed by atoms with Gasteiger partial charge in [-0.3, -0.25) is 0 Å². The lowest BCUT2D eigenvalue weighted by Crippen LogP contribution is -1.92. The smallest absolute Gasteiger partial charge is 0.0458 e. The highest BCUT2D eigenvalue weighted by Crippen LogP contribution is 2.32. The summed E-state index contributed by atoms with van der Waals surface area (Å²) in [6.45, 7) is 6.29. The molecule has 0 saturated carbocycles. The van der Waals surface area contributed by atoms with Crippen LogP contribution >= 0.6 is 23.2 Å². The van der Waals surface area contributed by atoms with Crippen molar-refractivity contribution < 1.29 is 0 Å². The first-order valence-corrected chi connectivity index (χ1v) is 5.29. The van der Waals surface area contributed by atoms with Crippen molar-refractivity contribution >= 4 is 23.2 Å². The van der Waals surface area contributed by atoms with Gasteiger partial charge in [0.05, 0.1) is 0 Å². The Morgan fingerprint density at radius 3 is 1.92 bits per heavy atom. The number of aryl methyl sites for hydroxylation is 1. The molecule has 0 unspecified atom stereocenters. The van der Waals surface area contributed by atoms with Gasteiger partial charge in [-0.05, 0) is 35.6 Å². The SMILES string of the molecule is CCc1cc(Cl)c(C(C)C)c(Cl)c1. The summed E-state index contributed by atoms with van der Waals surface area (Å²) in [5, 5.41) is 1.58. The van der Waals surface area contributed by atoms with Gasteiger partial charge in [0, 0.05) is 10.0 Å². The van der Waals surface area contributed by atoms with Crippen molar-refractivity contribution in [3.63, 3.8) is 0 Å². The van der Waals surface area contributed by atoms with Gasteiger partial charge in [-0.1, -0.05) is 44.0 Å². The summed E-state index contributed by atoms with van der Waals surface area (Å²) in [5.41, 5.74) is 2.25. The highest BCUT2D eigenvalue weighted by molar-refractivity contribution is 6.36. The van der Waals surface area contributed by atoms with Crippen LogP contribution in [-0.2, 0) is 6.42 Å². The van der Waals surface area contributed by atoms with Crippen molar-refractivity contribution in [3.05, 3.63) is 33.3 Å². The third kappa shape index (κ3) is 2.38. The molecule has 0 heterocycles. The number of halogens is 2. The largest absolute Gasteiger partial charge is 0.0840 e. The van der Waals surface area contributed by atoms with Crippen molar-refractivity contribution in [3.8, 4) is 0 Å². The summed E-state index contributed by atoms with van der Waals surface area (Å²) in [6, 6.07) is 4.01. The van der Waals surface area contributed by atoms with Crippen molar-refractivity contribution in [2.75, 3.05) is 0 Å². The standard InChI is InChI=1S/C11H14Cl2/c1-4-8-5-9(12)11(7(2)3)10(13)6-8/h5-7H,4H2,1-3H3. The molecule has 0 nitrogen and oxygen atoms in total. The molecule has 0 N–H and O–H groups in total. The zero-order valence-electron chi connectivity index (χ0n) is 8.20. The van der Waals surface area contributed by atoms with Gasteiger partial charge in [0.2, 0.25) is 0 Å². The van der Waals surface area contributed by atoms with Crippen LogP contribution < -0.4 is 0 Å². The normalized spacial score (nSPS) is 10.9. The summed E-state index contributed by atoms with van der Waals surface area (Å²) < 4.78 is 0. The fourth-order valence-electron chi connectivity index (χ4n) is 1.39.